The molecule has 1 unspecified atom stereocenters. The van der Waals surface area contributed by atoms with Gasteiger partial charge in [0.2, 0.25) is 5.91 Å². The van der Waals surface area contributed by atoms with Gasteiger partial charge in [0.15, 0.2) is 0 Å². The van der Waals surface area contributed by atoms with Crippen LogP contribution in [0.2, 0.25) is 0 Å². The molecule has 1 aliphatic heterocycles. The van der Waals surface area contributed by atoms with Crippen molar-refractivity contribution in [1.82, 2.24) is 15.5 Å². The highest BCUT2D eigenvalue weighted by molar-refractivity contribution is 5.78. The van der Waals surface area contributed by atoms with Crippen molar-refractivity contribution in [3.63, 3.8) is 0 Å². The molecule has 1 saturated carbocycles. The van der Waals surface area contributed by atoms with Gasteiger partial charge in [0.05, 0.1) is 6.54 Å². The monoisotopic (exact) mass is 211 g/mol. The van der Waals surface area contributed by atoms with Gasteiger partial charge in [-0.25, -0.2) is 0 Å². The van der Waals surface area contributed by atoms with E-state index in [1.807, 2.05) is 0 Å². The third-order valence-electron chi connectivity index (χ3n) is 3.15. The molecular formula is C11H21N3O. The highest BCUT2D eigenvalue weighted by Gasteiger charge is 2.23. The molecule has 1 aliphatic carbocycles. The molecule has 0 bridgehead atoms. The Labute approximate surface area is 91.4 Å². The van der Waals surface area contributed by atoms with Gasteiger partial charge in [-0.3, -0.25) is 4.79 Å². The molecule has 1 heterocycles. The second kappa shape index (κ2) is 4.94. The number of likely N-dealkylation sites (tertiary alicyclic amines) is 1. The molecule has 0 aromatic carbocycles. The van der Waals surface area contributed by atoms with Crippen LogP contribution in [0.3, 0.4) is 0 Å². The predicted octanol–water partition coefficient (Wildman–Crippen LogP) is -0.194. The van der Waals surface area contributed by atoms with Gasteiger partial charge >= 0.3 is 0 Å². The number of nitrogens with one attached hydrogen (secondary N) is 2. The SMILES string of the molecule is CN1CCC(CNCC(=O)NC2CC2)C1. The van der Waals surface area contributed by atoms with E-state index in [0.717, 1.165) is 19.0 Å². The zero-order chi connectivity index (χ0) is 10.7. The van der Waals surface area contributed by atoms with Crippen LogP contribution in [-0.2, 0) is 4.79 Å². The Morgan fingerprint density at radius 3 is 2.80 bits per heavy atom. The van der Waals surface area contributed by atoms with Crippen molar-refractivity contribution in [2.75, 3.05) is 33.2 Å². The summed E-state index contributed by atoms with van der Waals surface area (Å²) in [4.78, 5) is 13.7. The number of rotatable bonds is 5. The van der Waals surface area contributed by atoms with E-state index in [1.165, 1.54) is 25.8 Å². The van der Waals surface area contributed by atoms with Crippen molar-refractivity contribution in [2.45, 2.75) is 25.3 Å². The van der Waals surface area contributed by atoms with E-state index in [4.69, 9.17) is 0 Å². The number of hydrogen-bond acceptors (Lipinski definition) is 3. The van der Waals surface area contributed by atoms with Gasteiger partial charge in [0, 0.05) is 12.6 Å². The fourth-order valence-electron chi connectivity index (χ4n) is 2.09. The molecule has 2 N–H and O–H groups in total. The molecule has 4 nitrogen and oxygen atoms in total. The average Bonchev–Trinajstić information content (AvgIpc) is 2.89. The first kappa shape index (κ1) is 10.9. The van der Waals surface area contributed by atoms with E-state index in [0.29, 0.717) is 12.6 Å². The molecule has 0 aromatic rings. The molecule has 0 radical (unpaired) electrons. The maximum Gasteiger partial charge on any atom is 0.234 e. The Kier molecular flexibility index (Phi) is 3.59. The minimum absolute atomic E-state index is 0.156. The summed E-state index contributed by atoms with van der Waals surface area (Å²) in [6, 6.07) is 0.483. The van der Waals surface area contributed by atoms with Gasteiger partial charge in [0.25, 0.3) is 0 Å². The lowest BCUT2D eigenvalue weighted by Crippen LogP contribution is -2.37. The van der Waals surface area contributed by atoms with Crippen molar-refractivity contribution in [2.24, 2.45) is 5.92 Å². The molecule has 1 saturated heterocycles. The molecule has 1 amide bonds. The highest BCUT2D eigenvalue weighted by atomic mass is 16.2. The van der Waals surface area contributed by atoms with Gasteiger partial charge in [-0.05, 0) is 45.3 Å². The zero-order valence-electron chi connectivity index (χ0n) is 9.46. The fraction of sp³-hybridized carbons (Fsp3) is 0.909. The number of nitrogens with zero attached hydrogens (tertiary/aromatic N) is 1. The quantitative estimate of drug-likeness (QED) is 0.662. The normalized spacial score (nSPS) is 26.9. The van der Waals surface area contributed by atoms with Crippen LogP contribution in [0.4, 0.5) is 0 Å². The van der Waals surface area contributed by atoms with Crippen molar-refractivity contribution in [3.8, 4) is 0 Å². The Morgan fingerprint density at radius 1 is 1.40 bits per heavy atom. The molecular weight excluding hydrogens is 190 g/mol. The zero-order valence-corrected chi connectivity index (χ0v) is 9.46. The Bertz CT molecular complexity index is 228. The molecule has 0 spiro atoms. The summed E-state index contributed by atoms with van der Waals surface area (Å²) in [5, 5.41) is 6.22. The molecule has 2 fully saturated rings. The van der Waals surface area contributed by atoms with Crippen LogP contribution >= 0.6 is 0 Å². The number of carbonyl (C=O) groups is 1. The first-order chi connectivity index (χ1) is 7.24. The van der Waals surface area contributed by atoms with Crippen LogP contribution in [-0.4, -0.2) is 50.1 Å². The van der Waals surface area contributed by atoms with E-state index in [2.05, 4.69) is 22.6 Å². The second-order valence-corrected chi connectivity index (χ2v) is 4.89. The second-order valence-electron chi connectivity index (χ2n) is 4.89. The van der Waals surface area contributed by atoms with E-state index in [9.17, 15) is 4.79 Å². The highest BCUT2D eigenvalue weighted by Crippen LogP contribution is 2.18. The summed E-state index contributed by atoms with van der Waals surface area (Å²) in [6.45, 7) is 3.82. The number of hydrogen-bond donors (Lipinski definition) is 2. The van der Waals surface area contributed by atoms with Crippen molar-refractivity contribution in [3.05, 3.63) is 0 Å². The third-order valence-corrected chi connectivity index (χ3v) is 3.15. The van der Waals surface area contributed by atoms with Crippen LogP contribution in [0.1, 0.15) is 19.3 Å². The predicted molar refractivity (Wildman–Crippen MR) is 59.6 cm³/mol. The molecule has 15 heavy (non-hydrogen) atoms. The minimum Gasteiger partial charge on any atom is -0.352 e. The van der Waals surface area contributed by atoms with Crippen LogP contribution in [0.15, 0.2) is 0 Å². The smallest absolute Gasteiger partial charge is 0.234 e. The van der Waals surface area contributed by atoms with Gasteiger partial charge in [-0.2, -0.15) is 0 Å². The average molecular weight is 211 g/mol. The van der Waals surface area contributed by atoms with E-state index < -0.39 is 0 Å². The molecule has 0 aromatic heterocycles. The van der Waals surface area contributed by atoms with Crippen molar-refractivity contribution in [1.29, 1.82) is 0 Å². The molecule has 2 rings (SSSR count). The Balaban J connectivity index is 1.52. The first-order valence-electron chi connectivity index (χ1n) is 5.92. The summed E-state index contributed by atoms with van der Waals surface area (Å²) in [5.41, 5.74) is 0. The van der Waals surface area contributed by atoms with Gasteiger partial charge in [0.1, 0.15) is 0 Å². The maximum absolute atomic E-state index is 11.3. The van der Waals surface area contributed by atoms with Crippen LogP contribution in [0, 0.1) is 5.92 Å². The summed E-state index contributed by atoms with van der Waals surface area (Å²) in [5.74, 6) is 0.882. The fourth-order valence-corrected chi connectivity index (χ4v) is 2.09. The van der Waals surface area contributed by atoms with Gasteiger partial charge in [-0.15, -0.1) is 0 Å². The largest absolute Gasteiger partial charge is 0.352 e. The number of amides is 1. The standard InChI is InChI=1S/C11H21N3O/c1-14-5-4-9(8-14)6-12-7-11(15)13-10-2-3-10/h9-10,12H,2-8H2,1H3,(H,13,15). The molecule has 2 aliphatic rings. The third kappa shape index (κ3) is 3.80. The minimum atomic E-state index is 0.156. The molecule has 1 atom stereocenters. The Hall–Kier alpha value is -0.610. The van der Waals surface area contributed by atoms with Crippen LogP contribution < -0.4 is 10.6 Å². The first-order valence-corrected chi connectivity index (χ1v) is 5.92. The topological polar surface area (TPSA) is 44.4 Å². The molecule has 4 heteroatoms. The van der Waals surface area contributed by atoms with Gasteiger partial charge < -0.3 is 15.5 Å². The van der Waals surface area contributed by atoms with Crippen molar-refractivity contribution < 1.29 is 4.79 Å². The summed E-state index contributed by atoms with van der Waals surface area (Å²) in [6.07, 6.45) is 3.59. The Morgan fingerprint density at radius 2 is 2.20 bits per heavy atom. The lowest BCUT2D eigenvalue weighted by molar-refractivity contribution is -0.120. The van der Waals surface area contributed by atoms with Crippen LogP contribution in [0.5, 0.6) is 0 Å². The summed E-state index contributed by atoms with van der Waals surface area (Å²) < 4.78 is 0. The van der Waals surface area contributed by atoms with E-state index in [1.54, 1.807) is 0 Å². The number of carbonyl (C=O) groups excluding carboxylic acids is 1. The lowest BCUT2D eigenvalue weighted by Gasteiger charge is -2.11. The van der Waals surface area contributed by atoms with E-state index in [-0.39, 0.29) is 5.91 Å². The summed E-state index contributed by atoms with van der Waals surface area (Å²) >= 11 is 0. The van der Waals surface area contributed by atoms with Crippen molar-refractivity contribution >= 4 is 5.91 Å². The maximum atomic E-state index is 11.3. The van der Waals surface area contributed by atoms with Crippen LogP contribution in [0.25, 0.3) is 0 Å². The summed E-state index contributed by atoms with van der Waals surface area (Å²) in [7, 11) is 2.15. The lowest BCUT2D eigenvalue weighted by atomic mass is 10.1. The van der Waals surface area contributed by atoms with E-state index >= 15 is 0 Å². The molecule has 86 valence electrons. The van der Waals surface area contributed by atoms with Gasteiger partial charge in [-0.1, -0.05) is 0 Å².